The minimum absolute atomic E-state index is 0.0676. The number of carbonyl (C=O) groups is 1. The molecule has 0 saturated carbocycles. The van der Waals surface area contributed by atoms with E-state index in [0.29, 0.717) is 13.1 Å². The minimum atomic E-state index is -1.08. The second-order valence-electron chi connectivity index (χ2n) is 6.02. The molecule has 0 bridgehead atoms. The van der Waals surface area contributed by atoms with Crippen molar-refractivity contribution in [3.63, 3.8) is 0 Å². The molecule has 6 heteroatoms. The minimum Gasteiger partial charge on any atom is -0.336 e. The normalized spacial score (nSPS) is 18.3. The average Bonchev–Trinajstić information content (AvgIpc) is 2.88. The number of hydrogen-bond donors (Lipinski definition) is 0. The summed E-state index contributed by atoms with van der Waals surface area (Å²) in [5.74, 6) is -2.54. The van der Waals surface area contributed by atoms with Crippen LogP contribution < -0.4 is 0 Å². The lowest BCUT2D eigenvalue weighted by Crippen LogP contribution is -2.41. The summed E-state index contributed by atoms with van der Waals surface area (Å²) in [6.07, 6.45) is 1.73. The molecule has 0 aliphatic carbocycles. The highest BCUT2D eigenvalue weighted by atomic mass is 19.2. The number of aromatic nitrogens is 2. The average molecular weight is 319 g/mol. The molecule has 122 valence electrons. The Labute approximate surface area is 133 Å². The predicted octanol–water partition coefficient (Wildman–Crippen LogP) is 3.26. The van der Waals surface area contributed by atoms with Gasteiger partial charge in [-0.1, -0.05) is 6.07 Å². The van der Waals surface area contributed by atoms with Crippen LogP contribution in [0.3, 0.4) is 0 Å². The molecule has 0 unspecified atom stereocenters. The number of nitrogens with zero attached hydrogens (tertiary/aromatic N) is 3. The van der Waals surface area contributed by atoms with E-state index in [-0.39, 0.29) is 11.6 Å². The zero-order chi connectivity index (χ0) is 16.6. The molecular weight excluding hydrogens is 300 g/mol. The maximum Gasteiger partial charge on any atom is 0.257 e. The topological polar surface area (TPSA) is 38.1 Å². The van der Waals surface area contributed by atoms with Gasteiger partial charge in [-0.2, -0.15) is 5.10 Å². The maximum atomic E-state index is 13.9. The molecule has 1 aromatic heterocycles. The molecule has 0 spiro atoms. The van der Waals surface area contributed by atoms with Crippen LogP contribution in [0.25, 0.3) is 0 Å². The first-order chi connectivity index (χ1) is 11.0. The zero-order valence-corrected chi connectivity index (χ0v) is 13.2. The summed E-state index contributed by atoms with van der Waals surface area (Å²) in [5.41, 5.74) is 1.76. The van der Waals surface area contributed by atoms with Crippen molar-refractivity contribution in [3.8, 4) is 0 Å². The van der Waals surface area contributed by atoms with E-state index in [2.05, 4.69) is 5.10 Å². The van der Waals surface area contributed by atoms with Crippen LogP contribution in [0.5, 0.6) is 0 Å². The molecule has 23 heavy (non-hydrogen) atoms. The first-order valence-electron chi connectivity index (χ1n) is 7.73. The van der Waals surface area contributed by atoms with Crippen molar-refractivity contribution in [2.24, 2.45) is 0 Å². The SMILES string of the molecule is Cc1cc(C)n([C@@H]2CCCN(C(=O)c3cccc(F)c3F)C2)n1. The molecular formula is C17H19F2N3O. The van der Waals surface area contributed by atoms with Crippen LogP contribution in [0.4, 0.5) is 8.78 Å². The molecule has 1 fully saturated rings. The molecule has 4 nitrogen and oxygen atoms in total. The Balaban J connectivity index is 1.82. The molecule has 1 saturated heterocycles. The standard InChI is InChI=1S/C17H19F2N3O/c1-11-9-12(2)22(20-11)13-5-4-8-21(10-13)17(23)14-6-3-7-15(18)16(14)19/h3,6-7,9,13H,4-5,8,10H2,1-2H3/t13-/m1/s1. The monoisotopic (exact) mass is 319 g/mol. The lowest BCUT2D eigenvalue weighted by atomic mass is 10.0. The third-order valence-electron chi connectivity index (χ3n) is 4.26. The molecule has 3 rings (SSSR count). The number of piperidine rings is 1. The summed E-state index contributed by atoms with van der Waals surface area (Å²) in [4.78, 5) is 14.1. The summed E-state index contributed by atoms with van der Waals surface area (Å²) < 4.78 is 29.1. The summed E-state index contributed by atoms with van der Waals surface area (Å²) in [7, 11) is 0. The van der Waals surface area contributed by atoms with Crippen LogP contribution >= 0.6 is 0 Å². The fourth-order valence-corrected chi connectivity index (χ4v) is 3.19. The number of likely N-dealkylation sites (tertiary alicyclic amines) is 1. The summed E-state index contributed by atoms with van der Waals surface area (Å²) >= 11 is 0. The van der Waals surface area contributed by atoms with Crippen molar-refractivity contribution < 1.29 is 13.6 Å². The van der Waals surface area contributed by atoms with Crippen molar-refractivity contribution in [1.29, 1.82) is 0 Å². The second kappa shape index (κ2) is 6.10. The highest BCUT2D eigenvalue weighted by Crippen LogP contribution is 2.25. The van der Waals surface area contributed by atoms with Gasteiger partial charge in [-0.3, -0.25) is 9.48 Å². The van der Waals surface area contributed by atoms with E-state index < -0.39 is 17.5 Å². The van der Waals surface area contributed by atoms with Gasteiger partial charge in [0, 0.05) is 18.8 Å². The summed E-state index contributed by atoms with van der Waals surface area (Å²) in [6, 6.07) is 5.76. The first kappa shape index (κ1) is 15.6. The van der Waals surface area contributed by atoms with E-state index in [9.17, 15) is 13.6 Å². The molecule has 2 aromatic rings. The molecule has 1 aromatic carbocycles. The Kier molecular flexibility index (Phi) is 4.15. The highest BCUT2D eigenvalue weighted by Gasteiger charge is 2.28. The fourth-order valence-electron chi connectivity index (χ4n) is 3.19. The van der Waals surface area contributed by atoms with Crippen LogP contribution in [0.1, 0.15) is 40.6 Å². The molecule has 1 amide bonds. The Morgan fingerprint density at radius 1 is 1.30 bits per heavy atom. The van der Waals surface area contributed by atoms with Gasteiger partial charge in [0.1, 0.15) is 0 Å². The van der Waals surface area contributed by atoms with Crippen molar-refractivity contribution in [2.75, 3.05) is 13.1 Å². The van der Waals surface area contributed by atoms with E-state index in [1.54, 1.807) is 4.90 Å². The number of amides is 1. The van der Waals surface area contributed by atoms with Crippen LogP contribution in [-0.4, -0.2) is 33.7 Å². The van der Waals surface area contributed by atoms with E-state index >= 15 is 0 Å². The van der Waals surface area contributed by atoms with Crippen molar-refractivity contribution in [2.45, 2.75) is 32.7 Å². The third kappa shape index (κ3) is 2.98. The number of carbonyl (C=O) groups excluding carboxylic acids is 1. The lowest BCUT2D eigenvalue weighted by Gasteiger charge is -2.33. The van der Waals surface area contributed by atoms with Crippen molar-refractivity contribution in [1.82, 2.24) is 14.7 Å². The third-order valence-corrected chi connectivity index (χ3v) is 4.26. The largest absolute Gasteiger partial charge is 0.336 e. The molecule has 0 N–H and O–H groups in total. The van der Waals surface area contributed by atoms with Crippen molar-refractivity contribution in [3.05, 3.63) is 52.9 Å². The Morgan fingerprint density at radius 2 is 2.09 bits per heavy atom. The Hall–Kier alpha value is -2.24. The number of hydrogen-bond acceptors (Lipinski definition) is 2. The second-order valence-corrected chi connectivity index (χ2v) is 6.02. The number of rotatable bonds is 2. The van der Waals surface area contributed by atoms with Gasteiger partial charge >= 0.3 is 0 Å². The van der Waals surface area contributed by atoms with Gasteiger partial charge in [0.25, 0.3) is 5.91 Å². The van der Waals surface area contributed by atoms with Gasteiger partial charge in [-0.25, -0.2) is 8.78 Å². The van der Waals surface area contributed by atoms with Gasteiger partial charge in [0.05, 0.1) is 17.3 Å². The van der Waals surface area contributed by atoms with Crippen LogP contribution in [0.2, 0.25) is 0 Å². The van der Waals surface area contributed by atoms with Gasteiger partial charge in [0.2, 0.25) is 0 Å². The van der Waals surface area contributed by atoms with Crippen LogP contribution in [0, 0.1) is 25.5 Å². The number of aryl methyl sites for hydroxylation is 2. The first-order valence-corrected chi connectivity index (χ1v) is 7.73. The molecule has 1 aliphatic heterocycles. The molecule has 1 atom stereocenters. The van der Waals surface area contributed by atoms with Crippen molar-refractivity contribution >= 4 is 5.91 Å². The van der Waals surface area contributed by atoms with E-state index in [1.807, 2.05) is 24.6 Å². The Morgan fingerprint density at radius 3 is 2.78 bits per heavy atom. The predicted molar refractivity (Wildman–Crippen MR) is 82.2 cm³/mol. The van der Waals surface area contributed by atoms with E-state index in [1.165, 1.54) is 12.1 Å². The van der Waals surface area contributed by atoms with Crippen LogP contribution in [0.15, 0.2) is 24.3 Å². The quantitative estimate of drug-likeness (QED) is 0.852. The number of benzene rings is 1. The van der Waals surface area contributed by atoms with E-state index in [0.717, 1.165) is 30.3 Å². The van der Waals surface area contributed by atoms with E-state index in [4.69, 9.17) is 0 Å². The molecule has 0 radical (unpaired) electrons. The maximum absolute atomic E-state index is 13.9. The lowest BCUT2D eigenvalue weighted by molar-refractivity contribution is 0.0665. The molecule has 2 heterocycles. The summed E-state index contributed by atoms with van der Waals surface area (Å²) in [5, 5.41) is 4.48. The van der Waals surface area contributed by atoms with Gasteiger partial charge in [-0.15, -0.1) is 0 Å². The highest BCUT2D eigenvalue weighted by molar-refractivity contribution is 5.94. The van der Waals surface area contributed by atoms with Crippen LogP contribution in [-0.2, 0) is 0 Å². The molecule has 1 aliphatic rings. The Bertz CT molecular complexity index is 741. The van der Waals surface area contributed by atoms with Gasteiger partial charge in [0.15, 0.2) is 11.6 Å². The van der Waals surface area contributed by atoms with Gasteiger partial charge in [-0.05, 0) is 44.9 Å². The summed E-state index contributed by atoms with van der Waals surface area (Å²) in [6.45, 7) is 4.91. The van der Waals surface area contributed by atoms with Gasteiger partial charge < -0.3 is 4.90 Å². The smallest absolute Gasteiger partial charge is 0.257 e. The number of halogens is 2. The fraction of sp³-hybridized carbons (Fsp3) is 0.412. The zero-order valence-electron chi connectivity index (χ0n) is 13.2.